The Kier molecular flexibility index (Phi) is 2.82. The second kappa shape index (κ2) is 3.55. The van der Waals surface area contributed by atoms with Crippen molar-refractivity contribution in [3.05, 3.63) is 40.9 Å². The lowest BCUT2D eigenvalue weighted by atomic mass is 9.86. The molecule has 0 unspecified atom stereocenters. The predicted molar refractivity (Wildman–Crippen MR) is 60.2 cm³/mol. The van der Waals surface area contributed by atoms with Gasteiger partial charge in [-0.15, -0.1) is 0 Å². The lowest BCUT2D eigenvalue weighted by Gasteiger charge is -2.21. The highest BCUT2D eigenvalue weighted by atomic mass is 35.5. The quantitative estimate of drug-likeness (QED) is 0.626. The third kappa shape index (κ3) is 2.35. The number of rotatable bonds is 1. The minimum Gasteiger partial charge on any atom is -0.0985 e. The summed E-state index contributed by atoms with van der Waals surface area (Å²) < 4.78 is 0. The Morgan fingerprint density at radius 3 is 2.38 bits per heavy atom. The van der Waals surface area contributed by atoms with Crippen LogP contribution in [0, 0.1) is 0 Å². The highest BCUT2D eigenvalue weighted by molar-refractivity contribution is 6.31. The van der Waals surface area contributed by atoms with Crippen molar-refractivity contribution in [2.75, 3.05) is 0 Å². The van der Waals surface area contributed by atoms with Crippen LogP contribution >= 0.6 is 11.6 Å². The molecule has 0 saturated carbocycles. The number of benzene rings is 1. The molecule has 1 heteroatoms. The van der Waals surface area contributed by atoms with Gasteiger partial charge >= 0.3 is 0 Å². The first-order valence-electron chi connectivity index (χ1n) is 4.37. The number of halogens is 1. The maximum absolute atomic E-state index is 6.10. The van der Waals surface area contributed by atoms with E-state index in [2.05, 4.69) is 33.4 Å². The molecule has 0 heterocycles. The van der Waals surface area contributed by atoms with Gasteiger partial charge in [-0.05, 0) is 28.7 Å². The van der Waals surface area contributed by atoms with Gasteiger partial charge in [0.15, 0.2) is 0 Å². The van der Waals surface area contributed by atoms with Crippen LogP contribution in [0.1, 0.15) is 31.9 Å². The molecule has 70 valence electrons. The van der Waals surface area contributed by atoms with Crippen LogP contribution in [-0.2, 0) is 5.41 Å². The molecule has 0 fully saturated rings. The molecule has 0 aliphatic heterocycles. The Labute approximate surface area is 85.2 Å². The Morgan fingerprint density at radius 1 is 1.31 bits per heavy atom. The first-order chi connectivity index (χ1) is 5.95. The Morgan fingerprint density at radius 2 is 1.92 bits per heavy atom. The summed E-state index contributed by atoms with van der Waals surface area (Å²) in [5, 5.41) is 0.832. The molecule has 0 spiro atoms. The van der Waals surface area contributed by atoms with E-state index in [-0.39, 0.29) is 5.41 Å². The van der Waals surface area contributed by atoms with Gasteiger partial charge in [-0.3, -0.25) is 0 Å². The fourth-order valence-electron chi connectivity index (χ4n) is 1.24. The van der Waals surface area contributed by atoms with E-state index < -0.39 is 0 Å². The molecule has 0 nitrogen and oxygen atoms in total. The van der Waals surface area contributed by atoms with Gasteiger partial charge < -0.3 is 0 Å². The van der Waals surface area contributed by atoms with E-state index in [0.29, 0.717) is 0 Å². The van der Waals surface area contributed by atoms with Gasteiger partial charge in [-0.25, -0.2) is 0 Å². The van der Waals surface area contributed by atoms with Gasteiger partial charge in [-0.1, -0.05) is 51.1 Å². The van der Waals surface area contributed by atoms with Crippen molar-refractivity contribution in [1.29, 1.82) is 0 Å². The Hall–Kier alpha value is -0.750. The topological polar surface area (TPSA) is 0 Å². The number of hydrogen-bond donors (Lipinski definition) is 0. The monoisotopic (exact) mass is 194 g/mol. The van der Waals surface area contributed by atoms with E-state index in [0.717, 1.165) is 10.6 Å². The fraction of sp³-hybridized carbons (Fsp3) is 0.333. The predicted octanol–water partition coefficient (Wildman–Crippen LogP) is 4.28. The average molecular weight is 195 g/mol. The summed E-state index contributed by atoms with van der Waals surface area (Å²) >= 11 is 6.10. The zero-order chi connectivity index (χ0) is 10.1. The van der Waals surface area contributed by atoms with Crippen LogP contribution in [0.3, 0.4) is 0 Å². The summed E-state index contributed by atoms with van der Waals surface area (Å²) in [5.41, 5.74) is 2.39. The van der Waals surface area contributed by atoms with Crippen LogP contribution < -0.4 is 0 Å². The molecule has 0 N–H and O–H groups in total. The van der Waals surface area contributed by atoms with E-state index in [1.807, 2.05) is 18.2 Å². The van der Waals surface area contributed by atoms with Crippen molar-refractivity contribution in [2.24, 2.45) is 0 Å². The molecule has 0 radical (unpaired) electrons. The van der Waals surface area contributed by atoms with Crippen LogP contribution in [0.25, 0.3) is 6.08 Å². The molecule has 13 heavy (non-hydrogen) atoms. The Balaban J connectivity index is 3.27. The third-order valence-electron chi connectivity index (χ3n) is 2.03. The number of hydrogen-bond acceptors (Lipinski definition) is 0. The molecule has 1 rings (SSSR count). The summed E-state index contributed by atoms with van der Waals surface area (Å²) in [4.78, 5) is 0. The minimum atomic E-state index is 0.0934. The first kappa shape index (κ1) is 10.3. The molecular weight excluding hydrogens is 180 g/mol. The second-order valence-electron chi connectivity index (χ2n) is 4.19. The highest BCUT2D eigenvalue weighted by Gasteiger charge is 2.16. The van der Waals surface area contributed by atoms with Crippen LogP contribution in [0.2, 0.25) is 5.02 Å². The largest absolute Gasteiger partial charge is 0.0985 e. The van der Waals surface area contributed by atoms with E-state index in [1.165, 1.54) is 5.56 Å². The van der Waals surface area contributed by atoms with E-state index in [9.17, 15) is 0 Å². The average Bonchev–Trinajstić information content (AvgIpc) is 2.03. The van der Waals surface area contributed by atoms with Gasteiger partial charge in [0.05, 0.1) is 0 Å². The SMILES string of the molecule is C=Cc1ccc(Cl)c(C(C)(C)C)c1. The maximum Gasteiger partial charge on any atom is 0.0443 e. The normalized spacial score (nSPS) is 11.4. The summed E-state index contributed by atoms with van der Waals surface area (Å²) in [5.74, 6) is 0. The first-order valence-corrected chi connectivity index (χ1v) is 4.75. The summed E-state index contributed by atoms with van der Waals surface area (Å²) in [6.07, 6.45) is 1.84. The van der Waals surface area contributed by atoms with Gasteiger partial charge in [0.1, 0.15) is 0 Å². The van der Waals surface area contributed by atoms with E-state index in [1.54, 1.807) is 0 Å². The lowest BCUT2D eigenvalue weighted by molar-refractivity contribution is 0.590. The van der Waals surface area contributed by atoms with Crippen molar-refractivity contribution in [3.63, 3.8) is 0 Å². The minimum absolute atomic E-state index is 0.0934. The molecule has 0 saturated heterocycles. The van der Waals surface area contributed by atoms with Crippen LogP contribution in [0.4, 0.5) is 0 Å². The van der Waals surface area contributed by atoms with Crippen molar-refractivity contribution in [2.45, 2.75) is 26.2 Å². The van der Waals surface area contributed by atoms with Crippen LogP contribution in [0.15, 0.2) is 24.8 Å². The zero-order valence-corrected chi connectivity index (χ0v) is 9.15. The molecule has 0 bridgehead atoms. The summed E-state index contributed by atoms with van der Waals surface area (Å²) in [6, 6.07) is 6.00. The van der Waals surface area contributed by atoms with Crippen molar-refractivity contribution >= 4 is 17.7 Å². The maximum atomic E-state index is 6.10. The molecule has 1 aromatic carbocycles. The van der Waals surface area contributed by atoms with Crippen molar-refractivity contribution < 1.29 is 0 Å². The molecule has 0 amide bonds. The Bertz CT molecular complexity index is 318. The molecule has 0 aliphatic carbocycles. The van der Waals surface area contributed by atoms with Gasteiger partial charge in [0, 0.05) is 5.02 Å². The van der Waals surface area contributed by atoms with Crippen LogP contribution in [0.5, 0.6) is 0 Å². The standard InChI is InChI=1S/C12H15Cl/c1-5-9-6-7-11(13)10(8-9)12(2,3)4/h5-8H,1H2,2-4H3. The lowest BCUT2D eigenvalue weighted by Crippen LogP contribution is -2.11. The van der Waals surface area contributed by atoms with E-state index in [4.69, 9.17) is 11.6 Å². The van der Waals surface area contributed by atoms with Crippen molar-refractivity contribution in [3.8, 4) is 0 Å². The van der Waals surface area contributed by atoms with Gasteiger partial charge in [-0.2, -0.15) is 0 Å². The second-order valence-corrected chi connectivity index (χ2v) is 4.60. The fourth-order valence-corrected chi connectivity index (χ4v) is 1.65. The smallest absolute Gasteiger partial charge is 0.0443 e. The highest BCUT2D eigenvalue weighted by Crippen LogP contribution is 2.30. The van der Waals surface area contributed by atoms with Crippen LogP contribution in [-0.4, -0.2) is 0 Å². The third-order valence-corrected chi connectivity index (χ3v) is 2.36. The zero-order valence-electron chi connectivity index (χ0n) is 8.39. The van der Waals surface area contributed by atoms with Gasteiger partial charge in [0.25, 0.3) is 0 Å². The van der Waals surface area contributed by atoms with E-state index >= 15 is 0 Å². The molecule has 0 atom stereocenters. The molecule has 1 aromatic rings. The van der Waals surface area contributed by atoms with Gasteiger partial charge in [0.2, 0.25) is 0 Å². The van der Waals surface area contributed by atoms with Crippen molar-refractivity contribution in [1.82, 2.24) is 0 Å². The summed E-state index contributed by atoms with van der Waals surface area (Å²) in [6.45, 7) is 10.2. The molecule has 0 aromatic heterocycles. The molecular formula is C12H15Cl. The molecule has 0 aliphatic rings. The summed E-state index contributed by atoms with van der Waals surface area (Å²) in [7, 11) is 0.